The second-order valence-electron chi connectivity index (χ2n) is 4.11. The molecule has 0 aliphatic carbocycles. The first kappa shape index (κ1) is 12.4. The van der Waals surface area contributed by atoms with E-state index >= 15 is 0 Å². The Labute approximate surface area is 97.8 Å². The van der Waals surface area contributed by atoms with Crippen LogP contribution in [-0.2, 0) is 11.3 Å². The fourth-order valence-electron chi connectivity index (χ4n) is 1.90. The van der Waals surface area contributed by atoms with Crippen molar-refractivity contribution in [2.45, 2.75) is 25.5 Å². The summed E-state index contributed by atoms with van der Waals surface area (Å²) < 4.78 is 44.5. The summed E-state index contributed by atoms with van der Waals surface area (Å²) in [6.45, 7) is 1.33. The van der Waals surface area contributed by atoms with Crippen LogP contribution in [-0.4, -0.2) is 19.3 Å². The Hall–Kier alpha value is -1.07. The highest BCUT2D eigenvalue weighted by molar-refractivity contribution is 5.20. The van der Waals surface area contributed by atoms with Gasteiger partial charge in [-0.1, -0.05) is 0 Å². The van der Waals surface area contributed by atoms with Crippen LogP contribution in [0.4, 0.5) is 13.2 Å². The standard InChI is InChI=1S/C12H14F3NO/c13-8-4-11(14)10(12(15)5-8)7-16-6-9-2-1-3-17-9/h4-5,9,16H,1-3,6-7H2. The summed E-state index contributed by atoms with van der Waals surface area (Å²) in [7, 11) is 0. The van der Waals surface area contributed by atoms with E-state index in [0.29, 0.717) is 18.7 Å². The highest BCUT2D eigenvalue weighted by Gasteiger charge is 2.16. The Morgan fingerprint density at radius 2 is 1.94 bits per heavy atom. The maximum atomic E-state index is 13.3. The van der Waals surface area contributed by atoms with E-state index in [4.69, 9.17) is 4.74 Å². The number of hydrogen-bond acceptors (Lipinski definition) is 2. The van der Waals surface area contributed by atoms with Crippen molar-refractivity contribution in [1.29, 1.82) is 0 Å². The van der Waals surface area contributed by atoms with Crippen molar-refractivity contribution in [1.82, 2.24) is 5.32 Å². The van der Waals surface area contributed by atoms with Gasteiger partial charge in [0.2, 0.25) is 0 Å². The molecule has 0 amide bonds. The summed E-state index contributed by atoms with van der Waals surface area (Å²) in [5, 5.41) is 2.92. The van der Waals surface area contributed by atoms with Gasteiger partial charge in [-0.15, -0.1) is 0 Å². The zero-order chi connectivity index (χ0) is 12.3. The Kier molecular flexibility index (Phi) is 4.02. The molecule has 1 aliphatic rings. The first-order valence-corrected chi connectivity index (χ1v) is 5.62. The minimum atomic E-state index is -0.900. The van der Waals surface area contributed by atoms with Crippen LogP contribution in [0.3, 0.4) is 0 Å². The van der Waals surface area contributed by atoms with Crippen LogP contribution < -0.4 is 5.32 Å². The molecular weight excluding hydrogens is 231 g/mol. The van der Waals surface area contributed by atoms with E-state index in [-0.39, 0.29) is 18.2 Å². The molecular formula is C12H14F3NO. The number of ether oxygens (including phenoxy) is 1. The zero-order valence-electron chi connectivity index (χ0n) is 9.31. The largest absolute Gasteiger partial charge is 0.377 e. The summed E-state index contributed by atoms with van der Waals surface area (Å²) >= 11 is 0. The fourth-order valence-corrected chi connectivity index (χ4v) is 1.90. The predicted octanol–water partition coefficient (Wildman–Crippen LogP) is 2.37. The average molecular weight is 245 g/mol. The quantitative estimate of drug-likeness (QED) is 0.879. The van der Waals surface area contributed by atoms with Crippen molar-refractivity contribution in [2.24, 2.45) is 0 Å². The van der Waals surface area contributed by atoms with Gasteiger partial charge < -0.3 is 10.1 Å². The van der Waals surface area contributed by atoms with E-state index in [1.165, 1.54) is 0 Å². The van der Waals surface area contributed by atoms with Crippen LogP contribution in [0.25, 0.3) is 0 Å². The number of rotatable bonds is 4. The minimum absolute atomic E-state index is 0.0395. The summed E-state index contributed by atoms with van der Waals surface area (Å²) in [5.74, 6) is -2.62. The smallest absolute Gasteiger partial charge is 0.133 e. The van der Waals surface area contributed by atoms with Gasteiger partial charge in [0, 0.05) is 37.4 Å². The molecule has 5 heteroatoms. The van der Waals surface area contributed by atoms with E-state index in [1.54, 1.807) is 0 Å². The van der Waals surface area contributed by atoms with Crippen LogP contribution >= 0.6 is 0 Å². The molecule has 2 rings (SSSR count). The first-order chi connectivity index (χ1) is 8.16. The molecule has 0 aromatic heterocycles. The zero-order valence-corrected chi connectivity index (χ0v) is 9.31. The van der Waals surface area contributed by atoms with Gasteiger partial charge in [0.05, 0.1) is 6.10 Å². The van der Waals surface area contributed by atoms with Crippen molar-refractivity contribution in [2.75, 3.05) is 13.2 Å². The van der Waals surface area contributed by atoms with Gasteiger partial charge in [0.15, 0.2) is 0 Å². The molecule has 1 fully saturated rings. The molecule has 1 N–H and O–H groups in total. The normalized spacial score (nSPS) is 19.8. The van der Waals surface area contributed by atoms with Crippen molar-refractivity contribution < 1.29 is 17.9 Å². The van der Waals surface area contributed by atoms with Crippen molar-refractivity contribution >= 4 is 0 Å². The average Bonchev–Trinajstić information content (AvgIpc) is 2.74. The Balaban J connectivity index is 1.89. The third-order valence-electron chi connectivity index (χ3n) is 2.80. The van der Waals surface area contributed by atoms with Gasteiger partial charge in [0.25, 0.3) is 0 Å². The van der Waals surface area contributed by atoms with Gasteiger partial charge in [-0.25, -0.2) is 13.2 Å². The van der Waals surface area contributed by atoms with E-state index in [2.05, 4.69) is 5.32 Å². The van der Waals surface area contributed by atoms with Crippen molar-refractivity contribution in [3.8, 4) is 0 Å². The van der Waals surface area contributed by atoms with Crippen LogP contribution in [0.5, 0.6) is 0 Å². The van der Waals surface area contributed by atoms with Gasteiger partial charge in [-0.05, 0) is 12.8 Å². The molecule has 1 unspecified atom stereocenters. The third-order valence-corrected chi connectivity index (χ3v) is 2.80. The molecule has 17 heavy (non-hydrogen) atoms. The monoisotopic (exact) mass is 245 g/mol. The Morgan fingerprint density at radius 1 is 1.24 bits per heavy atom. The third kappa shape index (κ3) is 3.20. The van der Waals surface area contributed by atoms with Gasteiger partial charge in [0.1, 0.15) is 17.5 Å². The fraction of sp³-hybridized carbons (Fsp3) is 0.500. The topological polar surface area (TPSA) is 21.3 Å². The molecule has 1 aliphatic heterocycles. The molecule has 0 saturated carbocycles. The summed E-state index contributed by atoms with van der Waals surface area (Å²) in [4.78, 5) is 0. The van der Waals surface area contributed by atoms with Gasteiger partial charge >= 0.3 is 0 Å². The van der Waals surface area contributed by atoms with Crippen LogP contribution in [0.15, 0.2) is 12.1 Å². The molecule has 1 aromatic carbocycles. The van der Waals surface area contributed by atoms with Gasteiger partial charge in [-0.2, -0.15) is 0 Å². The molecule has 2 nitrogen and oxygen atoms in total. The Bertz CT molecular complexity index is 368. The predicted molar refractivity (Wildman–Crippen MR) is 57.0 cm³/mol. The molecule has 1 atom stereocenters. The SMILES string of the molecule is Fc1cc(F)c(CNCC2CCCO2)c(F)c1. The second-order valence-corrected chi connectivity index (χ2v) is 4.11. The summed E-state index contributed by atoms with van der Waals surface area (Å²) in [6, 6.07) is 1.37. The van der Waals surface area contributed by atoms with Crippen molar-refractivity contribution in [3.05, 3.63) is 35.1 Å². The summed E-state index contributed by atoms with van der Waals surface area (Å²) in [5.41, 5.74) is -0.135. The highest BCUT2D eigenvalue weighted by Crippen LogP contribution is 2.15. The number of halogens is 3. The van der Waals surface area contributed by atoms with Crippen molar-refractivity contribution in [3.63, 3.8) is 0 Å². The van der Waals surface area contributed by atoms with E-state index < -0.39 is 17.5 Å². The molecule has 1 saturated heterocycles. The van der Waals surface area contributed by atoms with E-state index in [0.717, 1.165) is 19.4 Å². The van der Waals surface area contributed by atoms with Crippen LogP contribution in [0.2, 0.25) is 0 Å². The molecule has 0 bridgehead atoms. The molecule has 94 valence electrons. The number of nitrogens with one attached hydrogen (secondary N) is 1. The lowest BCUT2D eigenvalue weighted by molar-refractivity contribution is 0.110. The lowest BCUT2D eigenvalue weighted by Crippen LogP contribution is -2.26. The number of hydrogen-bond donors (Lipinski definition) is 1. The molecule has 1 heterocycles. The lowest BCUT2D eigenvalue weighted by Gasteiger charge is -2.11. The van der Waals surface area contributed by atoms with E-state index in [9.17, 15) is 13.2 Å². The van der Waals surface area contributed by atoms with Crippen LogP contribution in [0, 0.1) is 17.5 Å². The second kappa shape index (κ2) is 5.51. The van der Waals surface area contributed by atoms with Gasteiger partial charge in [-0.3, -0.25) is 0 Å². The molecule has 0 radical (unpaired) electrons. The van der Waals surface area contributed by atoms with E-state index in [1.807, 2.05) is 0 Å². The summed E-state index contributed by atoms with van der Waals surface area (Å²) in [6.07, 6.45) is 2.09. The molecule has 0 spiro atoms. The number of benzene rings is 1. The maximum Gasteiger partial charge on any atom is 0.133 e. The Morgan fingerprint density at radius 3 is 2.53 bits per heavy atom. The maximum absolute atomic E-state index is 13.3. The highest BCUT2D eigenvalue weighted by atomic mass is 19.1. The van der Waals surface area contributed by atoms with Crippen LogP contribution in [0.1, 0.15) is 18.4 Å². The molecule has 1 aromatic rings. The lowest BCUT2D eigenvalue weighted by atomic mass is 10.2. The minimum Gasteiger partial charge on any atom is -0.377 e. The first-order valence-electron chi connectivity index (χ1n) is 5.62.